The molecule has 0 saturated heterocycles. The van der Waals surface area contributed by atoms with Gasteiger partial charge in [-0.1, -0.05) is 25.1 Å². The predicted octanol–water partition coefficient (Wildman–Crippen LogP) is 1.80. The van der Waals surface area contributed by atoms with Gasteiger partial charge in [-0.15, -0.1) is 0 Å². The molecule has 1 rings (SSSR count). The number of benzene rings is 1. The Hall–Kier alpha value is -0.950. The van der Waals surface area contributed by atoms with Crippen LogP contribution in [0.2, 0.25) is 5.02 Å². The highest BCUT2D eigenvalue weighted by atomic mass is 35.5. The Morgan fingerprint density at radius 1 is 1.50 bits per heavy atom. The third kappa shape index (κ3) is 2.78. The number of aryl methyl sites for hydroxylation is 1. The minimum atomic E-state index is 0.731. The minimum Gasteiger partial charge on any atom is -0.390 e. The van der Waals surface area contributed by atoms with Crippen molar-refractivity contribution in [2.75, 3.05) is 6.54 Å². The molecular formula is C12H16ClN. The Kier molecular flexibility index (Phi) is 4.02. The maximum Gasteiger partial charge on any atom is 0.0481 e. The van der Waals surface area contributed by atoms with Gasteiger partial charge in [0.1, 0.15) is 0 Å². The van der Waals surface area contributed by atoms with E-state index in [2.05, 4.69) is 24.9 Å². The number of hydrogen-bond donors (Lipinski definition) is 1. The topological polar surface area (TPSA) is 12.0 Å². The van der Waals surface area contributed by atoms with Crippen molar-refractivity contribution in [3.8, 4) is 0 Å². The zero-order valence-corrected chi connectivity index (χ0v) is 9.49. The molecule has 0 spiro atoms. The first kappa shape index (κ1) is 11.1. The molecular weight excluding hydrogens is 194 g/mol. The van der Waals surface area contributed by atoms with Crippen LogP contribution in [-0.2, 0) is 0 Å². The van der Waals surface area contributed by atoms with E-state index >= 15 is 0 Å². The van der Waals surface area contributed by atoms with Crippen LogP contribution in [0, 0.1) is 6.92 Å². The van der Waals surface area contributed by atoms with Gasteiger partial charge in [-0.3, -0.25) is 0 Å². The Morgan fingerprint density at radius 2 is 2.21 bits per heavy atom. The highest BCUT2D eigenvalue weighted by molar-refractivity contribution is 6.30. The Bertz CT molecular complexity index is 409. The molecule has 0 aromatic heterocycles. The smallest absolute Gasteiger partial charge is 0.0481 e. The van der Waals surface area contributed by atoms with Gasteiger partial charge in [0.05, 0.1) is 0 Å². The zero-order valence-electron chi connectivity index (χ0n) is 8.73. The summed E-state index contributed by atoms with van der Waals surface area (Å²) < 4.78 is 0. The van der Waals surface area contributed by atoms with Gasteiger partial charge in [0.2, 0.25) is 0 Å². The normalized spacial score (nSPS) is 11.8. The van der Waals surface area contributed by atoms with Crippen molar-refractivity contribution in [1.82, 2.24) is 5.32 Å². The molecule has 0 radical (unpaired) electrons. The van der Waals surface area contributed by atoms with Crippen LogP contribution in [0.4, 0.5) is 0 Å². The monoisotopic (exact) mass is 209 g/mol. The van der Waals surface area contributed by atoms with Gasteiger partial charge in [-0.05, 0) is 41.5 Å². The SMILES string of the molecule is C=c1c(Cl)cc(C)c/c1=C/NCCC. The number of rotatable bonds is 3. The van der Waals surface area contributed by atoms with E-state index in [0.29, 0.717) is 0 Å². The molecule has 1 N–H and O–H groups in total. The van der Waals surface area contributed by atoms with Crippen molar-refractivity contribution in [2.45, 2.75) is 20.3 Å². The minimum absolute atomic E-state index is 0.731. The summed E-state index contributed by atoms with van der Waals surface area (Å²) >= 11 is 6.02. The highest BCUT2D eigenvalue weighted by Crippen LogP contribution is 2.00. The maximum atomic E-state index is 6.02. The summed E-state index contributed by atoms with van der Waals surface area (Å²) in [6.07, 6.45) is 3.09. The highest BCUT2D eigenvalue weighted by Gasteiger charge is 1.92. The van der Waals surface area contributed by atoms with Crippen molar-refractivity contribution in [3.63, 3.8) is 0 Å². The number of nitrogens with one attached hydrogen (secondary N) is 1. The second-order valence-electron chi connectivity index (χ2n) is 3.41. The van der Waals surface area contributed by atoms with Crippen LogP contribution in [0.15, 0.2) is 12.1 Å². The molecule has 1 aromatic carbocycles. The van der Waals surface area contributed by atoms with Crippen LogP contribution >= 0.6 is 11.6 Å². The summed E-state index contributed by atoms with van der Waals surface area (Å²) in [6.45, 7) is 9.08. The fourth-order valence-corrected chi connectivity index (χ4v) is 1.54. The molecule has 0 aliphatic rings. The lowest BCUT2D eigenvalue weighted by atomic mass is 10.2. The third-order valence-corrected chi connectivity index (χ3v) is 2.36. The largest absolute Gasteiger partial charge is 0.390 e. The van der Waals surface area contributed by atoms with E-state index in [-0.39, 0.29) is 0 Å². The van der Waals surface area contributed by atoms with Crippen molar-refractivity contribution in [3.05, 3.63) is 33.2 Å². The van der Waals surface area contributed by atoms with Gasteiger partial charge in [-0.2, -0.15) is 0 Å². The molecule has 0 heterocycles. The van der Waals surface area contributed by atoms with Crippen LogP contribution in [0.3, 0.4) is 0 Å². The predicted molar refractivity (Wildman–Crippen MR) is 63.7 cm³/mol. The summed E-state index contributed by atoms with van der Waals surface area (Å²) in [7, 11) is 0. The van der Waals surface area contributed by atoms with Crippen LogP contribution in [-0.4, -0.2) is 6.54 Å². The first-order valence-corrected chi connectivity index (χ1v) is 5.21. The molecule has 0 unspecified atom stereocenters. The van der Waals surface area contributed by atoms with Gasteiger partial charge >= 0.3 is 0 Å². The fraction of sp³-hybridized carbons (Fsp3) is 0.333. The maximum absolute atomic E-state index is 6.02. The second-order valence-corrected chi connectivity index (χ2v) is 3.82. The summed E-state index contributed by atoms with van der Waals surface area (Å²) in [5, 5.41) is 5.92. The lowest BCUT2D eigenvalue weighted by molar-refractivity contribution is 0.837. The molecule has 0 saturated carbocycles. The van der Waals surface area contributed by atoms with Crippen molar-refractivity contribution in [2.24, 2.45) is 0 Å². The van der Waals surface area contributed by atoms with Gasteiger partial charge < -0.3 is 5.32 Å². The van der Waals surface area contributed by atoms with E-state index in [9.17, 15) is 0 Å². The summed E-state index contributed by atoms with van der Waals surface area (Å²) in [4.78, 5) is 0. The molecule has 0 atom stereocenters. The average Bonchev–Trinajstić information content (AvgIpc) is 2.13. The Balaban J connectivity index is 3.08. The third-order valence-electron chi connectivity index (χ3n) is 2.03. The lowest BCUT2D eigenvalue weighted by Gasteiger charge is -1.99. The Labute approximate surface area is 90.1 Å². The fourth-order valence-electron chi connectivity index (χ4n) is 1.25. The van der Waals surface area contributed by atoms with Gasteiger partial charge in [0, 0.05) is 17.8 Å². The van der Waals surface area contributed by atoms with Crippen molar-refractivity contribution >= 4 is 24.4 Å². The molecule has 0 amide bonds. The van der Waals surface area contributed by atoms with Crippen LogP contribution in [0.25, 0.3) is 12.8 Å². The molecule has 0 bridgehead atoms. The molecule has 0 aliphatic heterocycles. The summed E-state index contributed by atoms with van der Waals surface area (Å²) in [6, 6.07) is 4.01. The van der Waals surface area contributed by atoms with Crippen LogP contribution < -0.4 is 15.8 Å². The molecule has 76 valence electrons. The van der Waals surface area contributed by atoms with E-state index in [4.69, 9.17) is 11.6 Å². The van der Waals surface area contributed by atoms with Crippen molar-refractivity contribution < 1.29 is 0 Å². The summed E-state index contributed by atoms with van der Waals surface area (Å²) in [5.41, 5.74) is 1.16. The second kappa shape index (κ2) is 5.06. The Morgan fingerprint density at radius 3 is 2.86 bits per heavy atom. The van der Waals surface area contributed by atoms with Gasteiger partial charge in [-0.25, -0.2) is 0 Å². The van der Waals surface area contributed by atoms with Gasteiger partial charge in [0.25, 0.3) is 0 Å². The van der Waals surface area contributed by atoms with E-state index in [1.165, 1.54) is 0 Å². The average molecular weight is 210 g/mol. The molecule has 1 nitrogen and oxygen atoms in total. The summed E-state index contributed by atoms with van der Waals surface area (Å²) in [5.74, 6) is 0. The number of halogens is 1. The van der Waals surface area contributed by atoms with E-state index in [0.717, 1.165) is 34.0 Å². The lowest BCUT2D eigenvalue weighted by Crippen LogP contribution is -2.27. The first-order valence-electron chi connectivity index (χ1n) is 4.84. The van der Waals surface area contributed by atoms with Crippen molar-refractivity contribution in [1.29, 1.82) is 0 Å². The molecule has 0 fully saturated rings. The molecule has 14 heavy (non-hydrogen) atoms. The van der Waals surface area contributed by atoms with E-state index in [1.807, 2.05) is 19.2 Å². The number of hydrogen-bond acceptors (Lipinski definition) is 1. The molecule has 1 aromatic rings. The van der Waals surface area contributed by atoms with E-state index < -0.39 is 0 Å². The van der Waals surface area contributed by atoms with Gasteiger partial charge in [0.15, 0.2) is 0 Å². The zero-order chi connectivity index (χ0) is 10.6. The standard InChI is InChI=1S/C12H16ClN/c1-4-5-14-8-11-6-9(2)7-12(13)10(11)3/h6-8,14H,3-5H2,1-2H3/b11-8-. The van der Waals surface area contributed by atoms with Crippen LogP contribution in [0.5, 0.6) is 0 Å². The molecule has 0 aliphatic carbocycles. The quantitative estimate of drug-likeness (QED) is 0.749. The van der Waals surface area contributed by atoms with E-state index in [1.54, 1.807) is 0 Å². The molecule has 2 heteroatoms. The first-order chi connectivity index (χ1) is 6.65. The van der Waals surface area contributed by atoms with Crippen LogP contribution in [0.1, 0.15) is 18.9 Å².